The van der Waals surface area contributed by atoms with E-state index in [1.807, 2.05) is 0 Å². The minimum absolute atomic E-state index is 0.128. The molecule has 2 heterocycles. The third-order valence-corrected chi connectivity index (χ3v) is 5.59. The molecule has 1 unspecified atom stereocenters. The Morgan fingerprint density at radius 3 is 2.43 bits per heavy atom. The van der Waals surface area contributed by atoms with Crippen LogP contribution in [0.3, 0.4) is 0 Å². The summed E-state index contributed by atoms with van der Waals surface area (Å²) in [6.45, 7) is 1.72. The minimum atomic E-state index is -1.04. The van der Waals surface area contributed by atoms with E-state index >= 15 is 0 Å². The number of benzene rings is 2. The van der Waals surface area contributed by atoms with Crippen molar-refractivity contribution < 1.29 is 23.5 Å². The average molecular weight is 491 g/mol. The molecule has 1 aliphatic heterocycles. The first kappa shape index (κ1) is 20.4. The summed E-state index contributed by atoms with van der Waals surface area (Å²) in [5, 5.41) is 10.7. The highest BCUT2D eigenvalue weighted by atomic mass is 79.9. The molecule has 30 heavy (non-hydrogen) atoms. The molecule has 0 saturated carbocycles. The van der Waals surface area contributed by atoms with Crippen LogP contribution in [-0.2, 0) is 9.59 Å². The Bertz CT molecular complexity index is 1200. The van der Waals surface area contributed by atoms with E-state index in [1.54, 1.807) is 43.3 Å². The van der Waals surface area contributed by atoms with E-state index in [4.69, 9.17) is 16.0 Å². The van der Waals surface area contributed by atoms with Crippen LogP contribution in [0.15, 0.2) is 69.1 Å². The lowest BCUT2D eigenvalue weighted by Gasteiger charge is -2.23. The zero-order valence-corrected chi connectivity index (χ0v) is 17.9. The quantitative estimate of drug-likeness (QED) is 0.287. The van der Waals surface area contributed by atoms with Crippen LogP contribution in [-0.4, -0.2) is 16.8 Å². The van der Waals surface area contributed by atoms with Crippen molar-refractivity contribution in [2.45, 2.75) is 13.0 Å². The van der Waals surface area contributed by atoms with Crippen molar-refractivity contribution in [3.05, 3.63) is 92.6 Å². The fourth-order valence-electron chi connectivity index (χ4n) is 3.37. The molecule has 8 heteroatoms. The Balaban J connectivity index is 1.94. The molecule has 0 aliphatic carbocycles. The van der Waals surface area contributed by atoms with E-state index in [0.717, 1.165) is 15.4 Å². The number of ketones is 1. The molecule has 1 aliphatic rings. The molecule has 152 valence electrons. The van der Waals surface area contributed by atoms with Gasteiger partial charge in [-0.3, -0.25) is 14.5 Å². The maximum Gasteiger partial charge on any atom is 0.300 e. The zero-order chi connectivity index (χ0) is 21.6. The second-order valence-corrected chi connectivity index (χ2v) is 8.05. The van der Waals surface area contributed by atoms with Crippen LogP contribution in [0.5, 0.6) is 0 Å². The Hall–Kier alpha value is -2.90. The molecule has 0 spiro atoms. The van der Waals surface area contributed by atoms with Crippen molar-refractivity contribution in [2.75, 3.05) is 4.90 Å². The van der Waals surface area contributed by atoms with Crippen LogP contribution in [0.4, 0.5) is 10.1 Å². The molecular weight excluding hydrogens is 477 g/mol. The van der Waals surface area contributed by atoms with Gasteiger partial charge in [-0.25, -0.2) is 4.39 Å². The van der Waals surface area contributed by atoms with Crippen LogP contribution in [0.25, 0.3) is 5.76 Å². The van der Waals surface area contributed by atoms with Gasteiger partial charge in [0.15, 0.2) is 0 Å². The van der Waals surface area contributed by atoms with Gasteiger partial charge in [0, 0.05) is 15.7 Å². The van der Waals surface area contributed by atoms with E-state index in [9.17, 15) is 19.1 Å². The number of aliphatic hydroxyl groups is 1. The summed E-state index contributed by atoms with van der Waals surface area (Å²) < 4.78 is 20.2. The number of carbonyl (C=O) groups excluding carboxylic acids is 2. The smallest absolute Gasteiger partial charge is 0.300 e. The third-order valence-electron chi connectivity index (χ3n) is 4.77. The Morgan fingerprint density at radius 1 is 1.13 bits per heavy atom. The van der Waals surface area contributed by atoms with Crippen LogP contribution >= 0.6 is 27.5 Å². The Morgan fingerprint density at radius 2 is 1.83 bits per heavy atom. The zero-order valence-electron chi connectivity index (χ0n) is 15.5. The van der Waals surface area contributed by atoms with Crippen molar-refractivity contribution in [1.29, 1.82) is 0 Å². The van der Waals surface area contributed by atoms with E-state index in [1.165, 1.54) is 12.1 Å². The molecule has 3 aromatic rings. The van der Waals surface area contributed by atoms with Crippen LogP contribution < -0.4 is 4.90 Å². The number of Topliss-reactive ketones (excluding diaryl/α,β-unsaturated/α-hetero) is 1. The Kier molecular flexibility index (Phi) is 5.26. The second kappa shape index (κ2) is 7.74. The van der Waals surface area contributed by atoms with Gasteiger partial charge in [0.05, 0.1) is 10.6 Å². The molecule has 4 rings (SSSR count). The SMILES string of the molecule is Cc1ccc(C2/C(=C(/O)c3ccc(Br)cc3)C(=O)C(=O)N2c2ccc(F)c(Cl)c2)o1. The van der Waals surface area contributed by atoms with Gasteiger partial charge in [-0.2, -0.15) is 0 Å². The first-order chi connectivity index (χ1) is 14.3. The highest BCUT2D eigenvalue weighted by Crippen LogP contribution is 2.43. The topological polar surface area (TPSA) is 70.8 Å². The number of halogens is 3. The molecule has 0 bridgehead atoms. The van der Waals surface area contributed by atoms with Crippen LogP contribution in [0.2, 0.25) is 5.02 Å². The number of rotatable bonds is 3. The van der Waals surface area contributed by atoms with Gasteiger partial charge in [-0.15, -0.1) is 0 Å². The maximum absolute atomic E-state index is 13.7. The number of hydrogen-bond donors (Lipinski definition) is 1. The number of carbonyl (C=O) groups is 2. The normalized spacial score (nSPS) is 18.3. The van der Waals surface area contributed by atoms with E-state index in [2.05, 4.69) is 15.9 Å². The van der Waals surface area contributed by atoms with Crippen molar-refractivity contribution >= 4 is 50.7 Å². The van der Waals surface area contributed by atoms with Gasteiger partial charge in [-0.05, 0) is 49.4 Å². The summed E-state index contributed by atoms with van der Waals surface area (Å²) in [7, 11) is 0. The lowest BCUT2D eigenvalue weighted by atomic mass is 9.99. The largest absolute Gasteiger partial charge is 0.507 e. The molecule has 0 radical (unpaired) electrons. The highest BCUT2D eigenvalue weighted by molar-refractivity contribution is 9.10. The predicted molar refractivity (Wildman–Crippen MR) is 114 cm³/mol. The summed E-state index contributed by atoms with van der Waals surface area (Å²) in [4.78, 5) is 27.0. The lowest BCUT2D eigenvalue weighted by Crippen LogP contribution is -2.29. The number of aryl methyl sites for hydroxylation is 1. The van der Waals surface area contributed by atoms with Gasteiger partial charge in [0.1, 0.15) is 29.1 Å². The van der Waals surface area contributed by atoms with Crippen molar-refractivity contribution in [1.82, 2.24) is 0 Å². The molecule has 1 saturated heterocycles. The van der Waals surface area contributed by atoms with E-state index < -0.39 is 23.5 Å². The van der Waals surface area contributed by atoms with Crippen LogP contribution in [0, 0.1) is 12.7 Å². The van der Waals surface area contributed by atoms with Gasteiger partial charge < -0.3 is 9.52 Å². The summed E-state index contributed by atoms with van der Waals surface area (Å²) in [5.41, 5.74) is 0.441. The number of furan rings is 1. The number of nitrogens with zero attached hydrogens (tertiary/aromatic N) is 1. The van der Waals surface area contributed by atoms with E-state index in [0.29, 0.717) is 11.3 Å². The summed E-state index contributed by atoms with van der Waals surface area (Å²) >= 11 is 9.22. The number of amides is 1. The Labute approximate surface area is 184 Å². The average Bonchev–Trinajstić information content (AvgIpc) is 3.25. The molecule has 1 atom stereocenters. The highest BCUT2D eigenvalue weighted by Gasteiger charge is 2.48. The minimum Gasteiger partial charge on any atom is -0.507 e. The van der Waals surface area contributed by atoms with Gasteiger partial charge in [-0.1, -0.05) is 39.7 Å². The van der Waals surface area contributed by atoms with Crippen LogP contribution in [0.1, 0.15) is 23.1 Å². The third kappa shape index (κ3) is 3.44. The fourth-order valence-corrected chi connectivity index (χ4v) is 3.81. The van der Waals surface area contributed by atoms with E-state index in [-0.39, 0.29) is 27.8 Å². The molecule has 2 aromatic carbocycles. The molecule has 1 amide bonds. The molecule has 5 nitrogen and oxygen atoms in total. The lowest BCUT2D eigenvalue weighted by molar-refractivity contribution is -0.132. The fraction of sp³-hybridized carbons (Fsp3) is 0.0909. The second-order valence-electron chi connectivity index (χ2n) is 6.72. The monoisotopic (exact) mass is 489 g/mol. The summed E-state index contributed by atoms with van der Waals surface area (Å²) in [5.74, 6) is -1.90. The number of anilines is 1. The summed E-state index contributed by atoms with van der Waals surface area (Å²) in [6.07, 6.45) is 0. The van der Waals surface area contributed by atoms with Gasteiger partial charge >= 0.3 is 0 Å². The first-order valence-electron chi connectivity index (χ1n) is 8.86. The molecule has 1 aromatic heterocycles. The summed E-state index contributed by atoms with van der Waals surface area (Å²) in [6, 6.07) is 12.6. The maximum atomic E-state index is 13.7. The standard InChI is InChI=1S/C22H14BrClFNO4/c1-11-2-9-17(30-11)19-18(20(27)12-3-5-13(23)6-4-12)21(28)22(29)26(19)14-7-8-16(25)15(24)10-14/h2-10,19,27H,1H3/b20-18-. The van der Waals surface area contributed by atoms with Gasteiger partial charge in [0.2, 0.25) is 0 Å². The first-order valence-corrected chi connectivity index (χ1v) is 10.0. The van der Waals surface area contributed by atoms with Crippen molar-refractivity contribution in [2.24, 2.45) is 0 Å². The molecular formula is C22H14BrClFNO4. The van der Waals surface area contributed by atoms with Crippen molar-refractivity contribution in [3.8, 4) is 0 Å². The number of aliphatic hydroxyl groups excluding tert-OH is 1. The van der Waals surface area contributed by atoms with Gasteiger partial charge in [0.25, 0.3) is 11.7 Å². The predicted octanol–water partition coefficient (Wildman–Crippen LogP) is 5.77. The molecule has 1 fully saturated rings. The number of hydrogen-bond acceptors (Lipinski definition) is 4. The molecule has 1 N–H and O–H groups in total. The van der Waals surface area contributed by atoms with Crippen molar-refractivity contribution in [3.63, 3.8) is 0 Å².